The van der Waals surface area contributed by atoms with Crippen LogP contribution in [0.2, 0.25) is 0 Å². The van der Waals surface area contributed by atoms with Crippen LogP contribution in [0.3, 0.4) is 0 Å². The minimum Gasteiger partial charge on any atom is -0.479 e. The van der Waals surface area contributed by atoms with E-state index in [1.807, 2.05) is 0 Å². The lowest BCUT2D eigenvalue weighted by atomic mass is 9.89. The van der Waals surface area contributed by atoms with Crippen LogP contribution in [0.4, 0.5) is 14.9 Å². The third kappa shape index (κ3) is 3.84. The molecule has 1 amide bonds. The van der Waals surface area contributed by atoms with E-state index in [2.05, 4.69) is 5.32 Å². The topological polar surface area (TPSA) is 84.9 Å². The number of carbonyl (C=O) groups excluding carboxylic acids is 1. The van der Waals surface area contributed by atoms with Crippen molar-refractivity contribution >= 4 is 17.7 Å². The highest BCUT2D eigenvalue weighted by molar-refractivity contribution is 5.85. The molecular weight excluding hydrogens is 317 g/mol. The fourth-order valence-electron chi connectivity index (χ4n) is 2.79. The molecule has 0 saturated heterocycles. The minimum atomic E-state index is -1.12. The van der Waals surface area contributed by atoms with Crippen LogP contribution in [0.25, 0.3) is 0 Å². The molecule has 0 radical (unpaired) electrons. The van der Waals surface area contributed by atoms with Crippen LogP contribution in [0.15, 0.2) is 18.2 Å². The van der Waals surface area contributed by atoms with E-state index in [1.54, 1.807) is 20.8 Å². The average molecular weight is 339 g/mol. The van der Waals surface area contributed by atoms with Crippen LogP contribution < -0.4 is 5.32 Å². The van der Waals surface area contributed by atoms with Crippen LogP contribution in [-0.2, 0) is 19.7 Å². The van der Waals surface area contributed by atoms with Gasteiger partial charge in [-0.25, -0.2) is 14.0 Å². The minimum absolute atomic E-state index is 0.241. The first kappa shape index (κ1) is 18.2. The first-order chi connectivity index (χ1) is 11.1. The summed E-state index contributed by atoms with van der Waals surface area (Å²) >= 11 is 0. The Hall–Kier alpha value is -2.15. The van der Waals surface area contributed by atoms with E-state index in [9.17, 15) is 19.1 Å². The maximum Gasteiger partial charge on any atom is 0.412 e. The molecule has 1 fully saturated rings. The molecule has 1 atom stereocenters. The lowest BCUT2D eigenvalue weighted by Gasteiger charge is -2.23. The number of anilines is 1. The van der Waals surface area contributed by atoms with E-state index in [0.717, 1.165) is 6.07 Å². The van der Waals surface area contributed by atoms with Crippen molar-refractivity contribution < 1.29 is 28.6 Å². The van der Waals surface area contributed by atoms with E-state index >= 15 is 0 Å². The molecule has 7 heteroatoms. The van der Waals surface area contributed by atoms with E-state index < -0.39 is 35.0 Å². The maximum atomic E-state index is 14.5. The van der Waals surface area contributed by atoms with Crippen LogP contribution in [-0.4, -0.2) is 36.0 Å². The summed E-state index contributed by atoms with van der Waals surface area (Å²) in [6.45, 7) is 5.18. The van der Waals surface area contributed by atoms with Gasteiger partial charge < -0.3 is 14.6 Å². The van der Waals surface area contributed by atoms with Crippen LogP contribution in [0, 0.1) is 5.82 Å². The Labute approximate surface area is 139 Å². The second-order valence-electron chi connectivity index (χ2n) is 6.93. The summed E-state index contributed by atoms with van der Waals surface area (Å²) in [5.41, 5.74) is -0.986. The maximum absolute atomic E-state index is 14.5. The van der Waals surface area contributed by atoms with Crippen molar-refractivity contribution in [2.75, 3.05) is 12.4 Å². The summed E-state index contributed by atoms with van der Waals surface area (Å²) in [6.07, 6.45) is -0.714. The first-order valence-electron chi connectivity index (χ1n) is 7.65. The van der Waals surface area contributed by atoms with Crippen molar-refractivity contribution in [3.63, 3.8) is 0 Å². The second kappa shape index (κ2) is 6.39. The van der Waals surface area contributed by atoms with Gasteiger partial charge in [0.15, 0.2) is 6.10 Å². The quantitative estimate of drug-likeness (QED) is 0.860. The summed E-state index contributed by atoms with van der Waals surface area (Å²) in [5, 5.41) is 11.7. The van der Waals surface area contributed by atoms with Gasteiger partial charge in [-0.3, -0.25) is 5.32 Å². The number of nitrogens with one attached hydrogen (secondary N) is 1. The molecule has 1 unspecified atom stereocenters. The highest BCUT2D eigenvalue weighted by Gasteiger charge is 2.55. The smallest absolute Gasteiger partial charge is 0.412 e. The lowest BCUT2D eigenvalue weighted by Crippen LogP contribution is -2.36. The standard InChI is InChI=1S/C17H22FNO5/c1-16(2,3)24-15(22)19-10-5-6-11(12(18)9-10)17(7-8-17)13(23-4)14(20)21/h5-6,9,13H,7-8H2,1-4H3,(H,19,22)(H,20,21). The molecule has 0 aromatic heterocycles. The Bertz CT molecular complexity index is 649. The molecule has 0 heterocycles. The number of methoxy groups -OCH3 is 1. The zero-order valence-electron chi connectivity index (χ0n) is 14.2. The van der Waals surface area contributed by atoms with E-state index in [-0.39, 0.29) is 11.3 Å². The number of aliphatic carboxylic acids is 1. The van der Waals surface area contributed by atoms with Crippen LogP contribution >= 0.6 is 0 Å². The van der Waals surface area contributed by atoms with Gasteiger partial charge >= 0.3 is 12.1 Å². The van der Waals surface area contributed by atoms with Crippen molar-refractivity contribution in [1.82, 2.24) is 0 Å². The fraction of sp³-hybridized carbons (Fsp3) is 0.529. The monoisotopic (exact) mass is 339 g/mol. The normalized spacial score (nSPS) is 17.0. The Morgan fingerprint density at radius 2 is 1.96 bits per heavy atom. The van der Waals surface area contributed by atoms with Gasteiger partial charge in [0.25, 0.3) is 0 Å². The predicted molar refractivity (Wildman–Crippen MR) is 85.6 cm³/mol. The molecule has 132 valence electrons. The molecule has 2 rings (SSSR count). The molecule has 2 N–H and O–H groups in total. The Morgan fingerprint density at radius 1 is 1.33 bits per heavy atom. The summed E-state index contributed by atoms with van der Waals surface area (Å²) < 4.78 is 24.6. The van der Waals surface area contributed by atoms with Crippen molar-refractivity contribution in [2.45, 2.75) is 50.7 Å². The highest BCUT2D eigenvalue weighted by Crippen LogP contribution is 2.53. The molecule has 1 aliphatic rings. The summed E-state index contributed by atoms with van der Waals surface area (Å²) in [6, 6.07) is 4.18. The van der Waals surface area contributed by atoms with Crippen molar-refractivity contribution in [2.24, 2.45) is 0 Å². The molecule has 1 aromatic carbocycles. The van der Waals surface area contributed by atoms with Crippen molar-refractivity contribution in [1.29, 1.82) is 0 Å². The zero-order valence-corrected chi connectivity index (χ0v) is 14.2. The Morgan fingerprint density at radius 3 is 2.38 bits per heavy atom. The highest BCUT2D eigenvalue weighted by atomic mass is 19.1. The number of hydrogen-bond donors (Lipinski definition) is 2. The Balaban J connectivity index is 2.19. The van der Waals surface area contributed by atoms with E-state index in [1.165, 1.54) is 19.2 Å². The van der Waals surface area contributed by atoms with Crippen LogP contribution in [0.1, 0.15) is 39.2 Å². The molecule has 0 bridgehead atoms. The predicted octanol–water partition coefficient (Wildman–Crippen LogP) is 3.30. The number of benzene rings is 1. The summed E-state index contributed by atoms with van der Waals surface area (Å²) in [7, 11) is 1.30. The third-order valence-electron chi connectivity index (χ3n) is 3.90. The number of carbonyl (C=O) groups is 2. The van der Waals surface area contributed by atoms with Gasteiger partial charge in [0, 0.05) is 18.2 Å². The van der Waals surface area contributed by atoms with Gasteiger partial charge in [-0.2, -0.15) is 0 Å². The third-order valence-corrected chi connectivity index (χ3v) is 3.90. The molecule has 1 aromatic rings. The number of rotatable bonds is 5. The van der Waals surface area contributed by atoms with Gasteiger partial charge in [-0.15, -0.1) is 0 Å². The molecular formula is C17H22FNO5. The number of carboxylic acid groups (broad SMARTS) is 1. The SMILES string of the molecule is COC(C(=O)O)C1(c2ccc(NC(=O)OC(C)(C)C)cc2F)CC1. The van der Waals surface area contributed by atoms with Gasteiger partial charge in [0.05, 0.1) is 0 Å². The number of amides is 1. The first-order valence-corrected chi connectivity index (χ1v) is 7.65. The largest absolute Gasteiger partial charge is 0.479 e. The van der Waals surface area contributed by atoms with Gasteiger partial charge in [0.2, 0.25) is 0 Å². The number of hydrogen-bond acceptors (Lipinski definition) is 4. The number of halogens is 1. The molecule has 24 heavy (non-hydrogen) atoms. The van der Waals surface area contributed by atoms with Gasteiger partial charge in [-0.05, 0) is 51.3 Å². The lowest BCUT2D eigenvalue weighted by molar-refractivity contribution is -0.150. The fourth-order valence-corrected chi connectivity index (χ4v) is 2.79. The summed E-state index contributed by atoms with van der Waals surface area (Å²) in [5.74, 6) is -1.70. The van der Waals surface area contributed by atoms with Crippen molar-refractivity contribution in [3.05, 3.63) is 29.6 Å². The second-order valence-corrected chi connectivity index (χ2v) is 6.93. The summed E-state index contributed by atoms with van der Waals surface area (Å²) in [4.78, 5) is 23.1. The number of carboxylic acids is 1. The molecule has 0 spiro atoms. The van der Waals surface area contributed by atoms with Gasteiger partial charge in [-0.1, -0.05) is 6.07 Å². The van der Waals surface area contributed by atoms with E-state index in [0.29, 0.717) is 12.8 Å². The molecule has 0 aliphatic heterocycles. The number of ether oxygens (including phenoxy) is 2. The van der Waals surface area contributed by atoms with Crippen molar-refractivity contribution in [3.8, 4) is 0 Å². The molecule has 1 aliphatic carbocycles. The van der Waals surface area contributed by atoms with Crippen LogP contribution in [0.5, 0.6) is 0 Å². The molecule has 1 saturated carbocycles. The Kier molecular flexibility index (Phi) is 4.85. The zero-order chi connectivity index (χ0) is 18.1. The molecule has 6 nitrogen and oxygen atoms in total. The van der Waals surface area contributed by atoms with Gasteiger partial charge in [0.1, 0.15) is 11.4 Å². The average Bonchev–Trinajstić information content (AvgIpc) is 3.17. The van der Waals surface area contributed by atoms with E-state index in [4.69, 9.17) is 9.47 Å².